The maximum Gasteiger partial charge on any atom is 0.318 e. The molecule has 2 amide bonds. The van der Waals surface area contributed by atoms with Crippen LogP contribution in [0.4, 0.5) is 4.79 Å². The average Bonchev–Trinajstić information content (AvgIpc) is 2.74. The number of benzene rings is 1. The molecule has 0 radical (unpaired) electrons. The van der Waals surface area contributed by atoms with Gasteiger partial charge in [0.2, 0.25) is 0 Å². The van der Waals surface area contributed by atoms with Crippen LogP contribution in [0.3, 0.4) is 0 Å². The van der Waals surface area contributed by atoms with E-state index < -0.39 is 9.84 Å². The van der Waals surface area contributed by atoms with Gasteiger partial charge in [0.1, 0.15) is 0 Å². The normalized spacial score (nSPS) is 29.1. The molecule has 0 bridgehead atoms. The van der Waals surface area contributed by atoms with Crippen LogP contribution in [0, 0.1) is 0 Å². The van der Waals surface area contributed by atoms with Crippen LogP contribution in [-0.2, 0) is 16.4 Å². The molecule has 2 saturated heterocycles. The van der Waals surface area contributed by atoms with Crippen molar-refractivity contribution in [3.05, 3.63) is 35.9 Å². The maximum absolute atomic E-state index is 11.8. The molecule has 1 N–H and O–H groups in total. The van der Waals surface area contributed by atoms with Gasteiger partial charge in [0.05, 0.1) is 23.6 Å². The third kappa shape index (κ3) is 1.96. The zero-order valence-electron chi connectivity index (χ0n) is 9.74. The Hall–Kier alpha value is -1.56. The lowest BCUT2D eigenvalue weighted by Gasteiger charge is -2.21. The monoisotopic (exact) mass is 266 g/mol. The van der Waals surface area contributed by atoms with E-state index in [-0.39, 0.29) is 29.6 Å². The standard InChI is InChI=1S/C12H14N2O3S/c15-12-13-10-7-18(16,17)8-11(10)14(12)6-9-4-2-1-3-5-9/h1-5,10-11H,6-8H2,(H,13,15)/t10-,11+/m1/s1. The van der Waals surface area contributed by atoms with Crippen LogP contribution in [0.25, 0.3) is 0 Å². The summed E-state index contributed by atoms with van der Waals surface area (Å²) in [4.78, 5) is 13.5. The summed E-state index contributed by atoms with van der Waals surface area (Å²) in [5, 5.41) is 2.75. The van der Waals surface area contributed by atoms with Gasteiger partial charge in [-0.3, -0.25) is 0 Å². The van der Waals surface area contributed by atoms with Gasteiger partial charge < -0.3 is 10.2 Å². The van der Waals surface area contributed by atoms with Gasteiger partial charge in [-0.05, 0) is 5.56 Å². The molecular formula is C12H14N2O3S. The van der Waals surface area contributed by atoms with Gasteiger partial charge in [-0.2, -0.15) is 0 Å². The number of nitrogens with zero attached hydrogens (tertiary/aromatic N) is 1. The number of carbonyl (C=O) groups is 1. The largest absolute Gasteiger partial charge is 0.332 e. The SMILES string of the molecule is O=C1N[C@@H]2CS(=O)(=O)C[C@@H]2N1Cc1ccccc1. The summed E-state index contributed by atoms with van der Waals surface area (Å²) >= 11 is 0. The van der Waals surface area contributed by atoms with Crippen molar-refractivity contribution in [2.45, 2.75) is 18.6 Å². The number of hydrogen-bond acceptors (Lipinski definition) is 3. The quantitative estimate of drug-likeness (QED) is 0.787. The highest BCUT2D eigenvalue weighted by Gasteiger charge is 2.48. The van der Waals surface area contributed by atoms with Crippen molar-refractivity contribution in [2.75, 3.05) is 11.5 Å². The minimum atomic E-state index is -3.01. The molecule has 2 heterocycles. The summed E-state index contributed by atoms with van der Waals surface area (Å²) in [6.07, 6.45) is 0. The van der Waals surface area contributed by atoms with Crippen LogP contribution in [0.1, 0.15) is 5.56 Å². The van der Waals surface area contributed by atoms with E-state index in [0.717, 1.165) is 5.56 Å². The molecule has 5 nitrogen and oxygen atoms in total. The van der Waals surface area contributed by atoms with Crippen molar-refractivity contribution < 1.29 is 13.2 Å². The molecule has 2 atom stereocenters. The van der Waals surface area contributed by atoms with Gasteiger partial charge in [-0.15, -0.1) is 0 Å². The highest BCUT2D eigenvalue weighted by atomic mass is 32.2. The molecule has 2 fully saturated rings. The fourth-order valence-corrected chi connectivity index (χ4v) is 4.56. The first kappa shape index (κ1) is 11.5. The van der Waals surface area contributed by atoms with E-state index in [9.17, 15) is 13.2 Å². The van der Waals surface area contributed by atoms with Crippen LogP contribution < -0.4 is 5.32 Å². The van der Waals surface area contributed by atoms with Crippen molar-refractivity contribution in [3.8, 4) is 0 Å². The van der Waals surface area contributed by atoms with Crippen molar-refractivity contribution in [2.24, 2.45) is 0 Å². The Labute approximate surface area is 106 Å². The van der Waals surface area contributed by atoms with Crippen LogP contribution in [-0.4, -0.2) is 42.9 Å². The Morgan fingerprint density at radius 3 is 2.67 bits per heavy atom. The third-order valence-corrected chi connectivity index (χ3v) is 5.20. The summed E-state index contributed by atoms with van der Waals surface area (Å²) in [5.41, 5.74) is 1.01. The highest BCUT2D eigenvalue weighted by molar-refractivity contribution is 7.91. The van der Waals surface area contributed by atoms with Crippen LogP contribution >= 0.6 is 0 Å². The lowest BCUT2D eigenvalue weighted by atomic mass is 10.1. The molecule has 0 aromatic heterocycles. The average molecular weight is 266 g/mol. The van der Waals surface area contributed by atoms with Crippen molar-refractivity contribution in [1.82, 2.24) is 10.2 Å². The lowest BCUT2D eigenvalue weighted by molar-refractivity contribution is 0.204. The molecule has 2 aliphatic heterocycles. The second-order valence-corrected chi connectivity index (χ2v) is 6.97. The lowest BCUT2D eigenvalue weighted by Crippen LogP contribution is -2.36. The number of nitrogens with one attached hydrogen (secondary N) is 1. The van der Waals surface area contributed by atoms with Gasteiger partial charge >= 0.3 is 6.03 Å². The van der Waals surface area contributed by atoms with Gasteiger partial charge in [0.25, 0.3) is 0 Å². The van der Waals surface area contributed by atoms with Crippen LogP contribution in [0.2, 0.25) is 0 Å². The van der Waals surface area contributed by atoms with E-state index in [0.29, 0.717) is 6.54 Å². The van der Waals surface area contributed by atoms with Gasteiger partial charge in [-0.1, -0.05) is 30.3 Å². The molecule has 96 valence electrons. The molecule has 6 heteroatoms. The number of sulfone groups is 1. The minimum Gasteiger partial charge on any atom is -0.332 e. The van der Waals surface area contributed by atoms with E-state index in [1.165, 1.54) is 0 Å². The Morgan fingerprint density at radius 2 is 1.94 bits per heavy atom. The minimum absolute atomic E-state index is 0.0642. The molecule has 1 aromatic rings. The Morgan fingerprint density at radius 1 is 1.22 bits per heavy atom. The molecule has 1 aromatic carbocycles. The first-order chi connectivity index (χ1) is 8.55. The molecule has 0 unspecified atom stereocenters. The second-order valence-electron chi connectivity index (χ2n) is 4.81. The molecule has 18 heavy (non-hydrogen) atoms. The second kappa shape index (κ2) is 3.98. The summed E-state index contributed by atoms with van der Waals surface area (Å²) in [6, 6.07) is 8.97. The molecule has 0 saturated carbocycles. The molecule has 0 spiro atoms. The summed E-state index contributed by atoms with van der Waals surface area (Å²) < 4.78 is 23.1. The zero-order chi connectivity index (χ0) is 12.8. The van der Waals surface area contributed by atoms with E-state index in [1.807, 2.05) is 30.3 Å². The number of rotatable bonds is 2. The maximum atomic E-state index is 11.8. The van der Waals surface area contributed by atoms with Crippen molar-refractivity contribution >= 4 is 15.9 Å². The fourth-order valence-electron chi connectivity index (χ4n) is 2.64. The van der Waals surface area contributed by atoms with Crippen molar-refractivity contribution in [3.63, 3.8) is 0 Å². The van der Waals surface area contributed by atoms with E-state index >= 15 is 0 Å². The Bertz CT molecular complexity index is 570. The number of hydrogen-bond donors (Lipinski definition) is 1. The van der Waals surface area contributed by atoms with Crippen molar-refractivity contribution in [1.29, 1.82) is 0 Å². The highest BCUT2D eigenvalue weighted by Crippen LogP contribution is 2.25. The van der Waals surface area contributed by atoms with Crippen LogP contribution in [0.5, 0.6) is 0 Å². The molecular weight excluding hydrogens is 252 g/mol. The molecule has 0 aliphatic carbocycles. The first-order valence-electron chi connectivity index (χ1n) is 5.87. The predicted octanol–water partition coefficient (Wildman–Crippen LogP) is 0.377. The molecule has 3 rings (SSSR count). The number of urea groups is 1. The van der Waals surface area contributed by atoms with E-state index in [1.54, 1.807) is 4.90 Å². The summed E-state index contributed by atoms with van der Waals surface area (Å²) in [6.45, 7) is 0.462. The predicted molar refractivity (Wildman–Crippen MR) is 66.7 cm³/mol. The summed E-state index contributed by atoms with van der Waals surface area (Å²) in [5.74, 6) is 0.137. The third-order valence-electron chi connectivity index (χ3n) is 3.49. The van der Waals surface area contributed by atoms with Gasteiger partial charge in [-0.25, -0.2) is 13.2 Å². The number of fused-ring (bicyclic) bond motifs is 1. The van der Waals surface area contributed by atoms with E-state index in [4.69, 9.17) is 0 Å². The number of carbonyl (C=O) groups excluding carboxylic acids is 1. The fraction of sp³-hybridized carbons (Fsp3) is 0.417. The molecule has 2 aliphatic rings. The van der Waals surface area contributed by atoms with E-state index in [2.05, 4.69) is 5.32 Å². The Balaban J connectivity index is 1.82. The smallest absolute Gasteiger partial charge is 0.318 e. The van der Waals surface area contributed by atoms with Gasteiger partial charge in [0.15, 0.2) is 9.84 Å². The number of amides is 2. The first-order valence-corrected chi connectivity index (χ1v) is 7.69. The summed E-state index contributed by atoms with van der Waals surface area (Å²) in [7, 11) is -3.01. The Kier molecular flexibility index (Phi) is 2.55. The van der Waals surface area contributed by atoms with Gasteiger partial charge in [0, 0.05) is 6.54 Å². The topological polar surface area (TPSA) is 66.5 Å². The van der Waals surface area contributed by atoms with Crippen LogP contribution in [0.15, 0.2) is 30.3 Å². The zero-order valence-corrected chi connectivity index (χ0v) is 10.6.